The summed E-state index contributed by atoms with van der Waals surface area (Å²) in [6.45, 7) is 0.172. The number of aromatic carboxylic acids is 1. The third kappa shape index (κ3) is 3.89. The molecule has 0 atom stereocenters. The highest BCUT2D eigenvalue weighted by molar-refractivity contribution is 7.98. The molecule has 1 rings (SSSR count). The Bertz CT molecular complexity index is 330. The molecule has 0 saturated heterocycles. The van der Waals surface area contributed by atoms with Crippen LogP contribution in [0.15, 0.2) is 18.3 Å². The highest BCUT2D eigenvalue weighted by Crippen LogP contribution is 2.15. The largest absolute Gasteiger partial charge is 0.477 e. The SMILES string of the molecule is O=C(O)c1ncccc1CSCCCO. The lowest BCUT2D eigenvalue weighted by Gasteiger charge is -2.03. The molecule has 0 amide bonds. The maximum Gasteiger partial charge on any atom is 0.354 e. The number of carboxylic acids is 1. The van der Waals surface area contributed by atoms with Crippen LogP contribution in [0, 0.1) is 0 Å². The molecule has 0 unspecified atom stereocenters. The Morgan fingerprint density at radius 1 is 1.53 bits per heavy atom. The Morgan fingerprint density at radius 3 is 3.00 bits per heavy atom. The maximum absolute atomic E-state index is 10.8. The lowest BCUT2D eigenvalue weighted by atomic mass is 10.2. The Morgan fingerprint density at radius 2 is 2.33 bits per heavy atom. The van der Waals surface area contributed by atoms with Crippen molar-refractivity contribution in [2.75, 3.05) is 12.4 Å². The van der Waals surface area contributed by atoms with Crippen LogP contribution < -0.4 is 0 Å². The summed E-state index contributed by atoms with van der Waals surface area (Å²) in [6.07, 6.45) is 2.21. The van der Waals surface area contributed by atoms with E-state index in [9.17, 15) is 4.79 Å². The van der Waals surface area contributed by atoms with Crippen LogP contribution in [-0.4, -0.2) is 33.5 Å². The summed E-state index contributed by atoms with van der Waals surface area (Å²) in [5, 5.41) is 17.4. The van der Waals surface area contributed by atoms with Gasteiger partial charge in [-0.2, -0.15) is 11.8 Å². The molecule has 0 bridgehead atoms. The first-order valence-electron chi connectivity index (χ1n) is 4.61. The maximum atomic E-state index is 10.8. The van der Waals surface area contributed by atoms with Crippen molar-refractivity contribution in [1.29, 1.82) is 0 Å². The first kappa shape index (κ1) is 12.0. The summed E-state index contributed by atoms with van der Waals surface area (Å²) < 4.78 is 0. The van der Waals surface area contributed by atoms with E-state index in [-0.39, 0.29) is 12.3 Å². The van der Waals surface area contributed by atoms with Crippen LogP contribution >= 0.6 is 11.8 Å². The fourth-order valence-electron chi connectivity index (χ4n) is 1.10. The molecule has 0 spiro atoms. The molecule has 0 fully saturated rings. The van der Waals surface area contributed by atoms with Gasteiger partial charge in [0.05, 0.1) is 0 Å². The highest BCUT2D eigenvalue weighted by atomic mass is 32.2. The minimum atomic E-state index is -0.992. The van der Waals surface area contributed by atoms with Gasteiger partial charge in [-0.1, -0.05) is 6.07 Å². The normalized spacial score (nSPS) is 10.2. The second-order valence-electron chi connectivity index (χ2n) is 2.95. The van der Waals surface area contributed by atoms with Crippen molar-refractivity contribution in [2.24, 2.45) is 0 Å². The predicted molar refractivity (Wildman–Crippen MR) is 59.1 cm³/mol. The first-order valence-corrected chi connectivity index (χ1v) is 5.77. The number of hydrogen-bond donors (Lipinski definition) is 2. The molecule has 1 aromatic rings. The summed E-state index contributed by atoms with van der Waals surface area (Å²) in [5.74, 6) is 0.452. The van der Waals surface area contributed by atoms with E-state index in [0.29, 0.717) is 5.75 Å². The van der Waals surface area contributed by atoms with E-state index in [1.54, 1.807) is 23.9 Å². The Labute approximate surface area is 92.3 Å². The van der Waals surface area contributed by atoms with Gasteiger partial charge >= 0.3 is 5.97 Å². The number of aliphatic hydroxyl groups is 1. The lowest BCUT2D eigenvalue weighted by molar-refractivity contribution is 0.0689. The standard InChI is InChI=1S/C10H13NO3S/c12-5-2-6-15-7-8-3-1-4-11-9(8)10(13)14/h1,3-4,12H,2,5-7H2,(H,13,14). The summed E-state index contributed by atoms with van der Waals surface area (Å²) in [5.41, 5.74) is 0.849. The molecule has 0 radical (unpaired) electrons. The van der Waals surface area contributed by atoms with E-state index in [1.165, 1.54) is 6.20 Å². The highest BCUT2D eigenvalue weighted by Gasteiger charge is 2.10. The smallest absolute Gasteiger partial charge is 0.354 e. The van der Waals surface area contributed by atoms with E-state index in [1.807, 2.05) is 0 Å². The van der Waals surface area contributed by atoms with E-state index in [0.717, 1.165) is 17.7 Å². The van der Waals surface area contributed by atoms with Crippen LogP contribution in [0.25, 0.3) is 0 Å². The van der Waals surface area contributed by atoms with Crippen LogP contribution in [-0.2, 0) is 5.75 Å². The molecule has 4 nitrogen and oxygen atoms in total. The Kier molecular flexibility index (Phi) is 5.14. The summed E-state index contributed by atoms with van der Waals surface area (Å²) in [4.78, 5) is 14.6. The number of aromatic nitrogens is 1. The number of thioether (sulfide) groups is 1. The number of rotatable bonds is 6. The van der Waals surface area contributed by atoms with Gasteiger partial charge in [0.2, 0.25) is 0 Å². The Balaban J connectivity index is 2.56. The van der Waals surface area contributed by atoms with Gasteiger partial charge in [-0.05, 0) is 23.8 Å². The van der Waals surface area contributed by atoms with Crippen molar-refractivity contribution < 1.29 is 15.0 Å². The van der Waals surface area contributed by atoms with Crippen LogP contribution in [0.2, 0.25) is 0 Å². The third-order valence-corrected chi connectivity index (χ3v) is 2.89. The van der Waals surface area contributed by atoms with Crippen molar-refractivity contribution in [3.8, 4) is 0 Å². The van der Waals surface area contributed by atoms with Crippen LogP contribution in [0.3, 0.4) is 0 Å². The number of hydrogen-bond acceptors (Lipinski definition) is 4. The van der Waals surface area contributed by atoms with Gasteiger partial charge < -0.3 is 10.2 Å². The van der Waals surface area contributed by atoms with Gasteiger partial charge in [0.1, 0.15) is 0 Å². The molecule has 82 valence electrons. The molecular formula is C10H13NO3S. The topological polar surface area (TPSA) is 70.4 Å². The molecule has 0 saturated carbocycles. The summed E-state index contributed by atoms with van der Waals surface area (Å²) in [6, 6.07) is 3.50. The monoisotopic (exact) mass is 227 g/mol. The van der Waals surface area contributed by atoms with Gasteiger partial charge in [-0.3, -0.25) is 0 Å². The van der Waals surface area contributed by atoms with Crippen molar-refractivity contribution in [3.05, 3.63) is 29.6 Å². The van der Waals surface area contributed by atoms with Crippen LogP contribution in [0.4, 0.5) is 0 Å². The lowest BCUT2D eigenvalue weighted by Crippen LogP contribution is -2.04. The molecule has 2 N–H and O–H groups in total. The van der Waals surface area contributed by atoms with E-state index in [2.05, 4.69) is 4.98 Å². The van der Waals surface area contributed by atoms with Crippen molar-refractivity contribution in [1.82, 2.24) is 4.98 Å². The molecular weight excluding hydrogens is 214 g/mol. The molecule has 0 aromatic carbocycles. The van der Waals surface area contributed by atoms with Crippen molar-refractivity contribution in [3.63, 3.8) is 0 Å². The zero-order chi connectivity index (χ0) is 11.1. The number of nitrogens with zero attached hydrogens (tertiary/aromatic N) is 1. The summed E-state index contributed by atoms with van der Waals surface area (Å²) in [7, 11) is 0. The van der Waals surface area contributed by atoms with E-state index in [4.69, 9.17) is 10.2 Å². The third-order valence-electron chi connectivity index (χ3n) is 1.80. The number of pyridine rings is 1. The number of carbonyl (C=O) groups is 1. The first-order chi connectivity index (χ1) is 7.25. The molecule has 0 aliphatic rings. The fraction of sp³-hybridized carbons (Fsp3) is 0.400. The van der Waals surface area contributed by atoms with Crippen molar-refractivity contribution >= 4 is 17.7 Å². The second kappa shape index (κ2) is 6.42. The van der Waals surface area contributed by atoms with Crippen LogP contribution in [0.1, 0.15) is 22.5 Å². The minimum Gasteiger partial charge on any atom is -0.477 e. The zero-order valence-electron chi connectivity index (χ0n) is 8.22. The average molecular weight is 227 g/mol. The van der Waals surface area contributed by atoms with Gasteiger partial charge in [-0.25, -0.2) is 9.78 Å². The molecule has 0 aliphatic heterocycles. The molecule has 0 aliphatic carbocycles. The predicted octanol–water partition coefficient (Wildman–Crippen LogP) is 1.40. The molecule has 5 heteroatoms. The van der Waals surface area contributed by atoms with Gasteiger partial charge in [0.15, 0.2) is 5.69 Å². The molecule has 15 heavy (non-hydrogen) atoms. The van der Waals surface area contributed by atoms with E-state index < -0.39 is 5.97 Å². The van der Waals surface area contributed by atoms with E-state index >= 15 is 0 Å². The van der Waals surface area contributed by atoms with Crippen molar-refractivity contribution in [2.45, 2.75) is 12.2 Å². The van der Waals surface area contributed by atoms with Gasteiger partial charge in [0, 0.05) is 18.6 Å². The number of aliphatic hydroxyl groups excluding tert-OH is 1. The fourth-order valence-corrected chi connectivity index (χ4v) is 2.03. The zero-order valence-corrected chi connectivity index (χ0v) is 9.04. The second-order valence-corrected chi connectivity index (χ2v) is 4.05. The van der Waals surface area contributed by atoms with Gasteiger partial charge in [0.25, 0.3) is 0 Å². The summed E-state index contributed by atoms with van der Waals surface area (Å²) >= 11 is 1.60. The number of carboxylic acid groups (broad SMARTS) is 1. The Hall–Kier alpha value is -1.07. The van der Waals surface area contributed by atoms with Gasteiger partial charge in [-0.15, -0.1) is 0 Å². The molecule has 1 aromatic heterocycles. The molecule has 1 heterocycles. The van der Waals surface area contributed by atoms with Crippen LogP contribution in [0.5, 0.6) is 0 Å². The quantitative estimate of drug-likeness (QED) is 0.719. The average Bonchev–Trinajstić information content (AvgIpc) is 2.25. The minimum absolute atomic E-state index is 0.119.